The fourth-order valence-corrected chi connectivity index (χ4v) is 6.67. The number of aliphatic hydroxyl groups is 1. The Hall–Kier alpha value is -0.693. The van der Waals surface area contributed by atoms with Crippen LogP contribution < -0.4 is 4.52 Å². The standard InChI is InChI=1S/C28H53O6PSi/c1-21-19-22(15-17-29)20-23(32-35(30,33-25(2,3)4)34-26(5,6)7)24(21)28(11,12)16-18-31-36(13,14)27(8,9)10/h19-20,29H,15-18H2,1-14H3. The first kappa shape index (κ1) is 33.3. The summed E-state index contributed by atoms with van der Waals surface area (Å²) < 4.78 is 38.6. The van der Waals surface area contributed by atoms with Crippen LogP contribution in [0, 0.1) is 6.92 Å². The van der Waals surface area contributed by atoms with Crippen molar-refractivity contribution in [3.63, 3.8) is 0 Å². The van der Waals surface area contributed by atoms with Gasteiger partial charge in [-0.15, -0.1) is 0 Å². The second kappa shape index (κ2) is 11.6. The van der Waals surface area contributed by atoms with Gasteiger partial charge < -0.3 is 14.1 Å². The largest absolute Gasteiger partial charge is 0.531 e. The van der Waals surface area contributed by atoms with Gasteiger partial charge in [0.1, 0.15) is 5.75 Å². The third-order valence-corrected chi connectivity index (χ3v) is 12.9. The summed E-state index contributed by atoms with van der Waals surface area (Å²) in [6.07, 6.45) is 1.23. The molecule has 1 N–H and O–H groups in total. The molecule has 0 radical (unpaired) electrons. The van der Waals surface area contributed by atoms with Gasteiger partial charge in [0.2, 0.25) is 0 Å². The quantitative estimate of drug-likeness (QED) is 0.223. The molecule has 0 bridgehead atoms. The molecule has 0 atom stereocenters. The third-order valence-electron chi connectivity index (χ3n) is 6.41. The van der Waals surface area contributed by atoms with E-state index in [0.717, 1.165) is 23.1 Å². The summed E-state index contributed by atoms with van der Waals surface area (Å²) in [5, 5.41) is 9.70. The van der Waals surface area contributed by atoms with Crippen molar-refractivity contribution in [1.29, 1.82) is 0 Å². The molecule has 0 aliphatic rings. The lowest BCUT2D eigenvalue weighted by molar-refractivity contribution is 0.0221. The predicted molar refractivity (Wildman–Crippen MR) is 153 cm³/mol. The van der Waals surface area contributed by atoms with Crippen molar-refractivity contribution < 1.29 is 27.7 Å². The van der Waals surface area contributed by atoms with E-state index in [1.807, 2.05) is 54.5 Å². The van der Waals surface area contributed by atoms with Crippen molar-refractivity contribution in [2.45, 2.75) is 131 Å². The first-order chi connectivity index (χ1) is 15.9. The Bertz CT molecular complexity index is 900. The third kappa shape index (κ3) is 10.2. The number of aliphatic hydroxyl groups excluding tert-OH is 1. The van der Waals surface area contributed by atoms with Crippen molar-refractivity contribution in [2.24, 2.45) is 0 Å². The topological polar surface area (TPSA) is 74.2 Å². The summed E-state index contributed by atoms with van der Waals surface area (Å²) in [4.78, 5) is 0. The average Bonchev–Trinajstić information content (AvgIpc) is 2.55. The second-order valence-electron chi connectivity index (χ2n) is 13.9. The fourth-order valence-electron chi connectivity index (χ4n) is 3.79. The molecule has 0 saturated heterocycles. The maximum absolute atomic E-state index is 14.0. The number of hydrogen-bond acceptors (Lipinski definition) is 6. The molecule has 0 fully saturated rings. The van der Waals surface area contributed by atoms with Crippen LogP contribution in [0.5, 0.6) is 5.75 Å². The predicted octanol–water partition coefficient (Wildman–Crippen LogP) is 8.34. The molecular formula is C28H53O6PSi. The summed E-state index contributed by atoms with van der Waals surface area (Å²) in [7, 11) is -5.89. The van der Waals surface area contributed by atoms with E-state index in [-0.39, 0.29) is 17.1 Å². The van der Waals surface area contributed by atoms with Gasteiger partial charge in [-0.2, -0.15) is 0 Å². The summed E-state index contributed by atoms with van der Waals surface area (Å²) >= 11 is 0. The van der Waals surface area contributed by atoms with Crippen LogP contribution in [0.2, 0.25) is 18.1 Å². The van der Waals surface area contributed by atoms with Crippen molar-refractivity contribution >= 4 is 16.1 Å². The number of benzene rings is 1. The van der Waals surface area contributed by atoms with Crippen LogP contribution in [-0.2, 0) is 29.9 Å². The van der Waals surface area contributed by atoms with Crippen molar-refractivity contribution in [3.8, 4) is 5.75 Å². The van der Waals surface area contributed by atoms with Gasteiger partial charge in [0, 0.05) is 18.8 Å². The van der Waals surface area contributed by atoms with Gasteiger partial charge >= 0.3 is 7.82 Å². The zero-order valence-corrected chi connectivity index (χ0v) is 27.3. The minimum atomic E-state index is -4.00. The highest BCUT2D eigenvalue weighted by Gasteiger charge is 2.41. The lowest BCUT2D eigenvalue weighted by Gasteiger charge is -2.38. The fraction of sp³-hybridized carbons (Fsp3) is 0.786. The van der Waals surface area contributed by atoms with E-state index in [9.17, 15) is 9.67 Å². The van der Waals surface area contributed by atoms with Crippen molar-refractivity contribution in [2.75, 3.05) is 13.2 Å². The smallest absolute Gasteiger partial charge is 0.417 e. The maximum Gasteiger partial charge on any atom is 0.531 e. The average molecular weight is 545 g/mol. The molecule has 1 aromatic rings. The Kier molecular flexibility index (Phi) is 10.7. The van der Waals surface area contributed by atoms with Crippen molar-refractivity contribution in [3.05, 3.63) is 28.8 Å². The molecule has 1 aromatic carbocycles. The van der Waals surface area contributed by atoms with Gasteiger partial charge in [0.05, 0.1) is 11.2 Å². The number of aryl methyl sites for hydroxylation is 1. The second-order valence-corrected chi connectivity index (χ2v) is 20.2. The Morgan fingerprint density at radius 1 is 0.889 bits per heavy atom. The monoisotopic (exact) mass is 544 g/mol. The summed E-state index contributed by atoms with van der Waals surface area (Å²) in [5.74, 6) is 0.465. The highest BCUT2D eigenvalue weighted by molar-refractivity contribution is 7.49. The molecule has 0 heterocycles. The number of phosphoric ester groups is 1. The highest BCUT2D eigenvalue weighted by atomic mass is 31.2. The Labute approximate surface area is 222 Å². The first-order valence-corrected chi connectivity index (χ1v) is 17.4. The van der Waals surface area contributed by atoms with Crippen LogP contribution in [-0.4, -0.2) is 37.8 Å². The van der Waals surface area contributed by atoms with Gasteiger partial charge in [-0.3, -0.25) is 9.05 Å². The maximum atomic E-state index is 14.0. The molecule has 8 heteroatoms. The van der Waals surface area contributed by atoms with Crippen LogP contribution in [0.4, 0.5) is 0 Å². The Balaban J connectivity index is 3.50. The van der Waals surface area contributed by atoms with Gasteiger partial charge in [-0.25, -0.2) is 4.57 Å². The van der Waals surface area contributed by atoms with Crippen LogP contribution in [0.25, 0.3) is 0 Å². The van der Waals surface area contributed by atoms with E-state index in [1.54, 1.807) is 0 Å². The molecular weight excluding hydrogens is 491 g/mol. The minimum absolute atomic E-state index is 0.0105. The molecule has 36 heavy (non-hydrogen) atoms. The van der Waals surface area contributed by atoms with Crippen molar-refractivity contribution in [1.82, 2.24) is 0 Å². The molecule has 6 nitrogen and oxygen atoms in total. The number of phosphoric acid groups is 1. The molecule has 0 aromatic heterocycles. The number of hydrogen-bond donors (Lipinski definition) is 1. The molecule has 0 unspecified atom stereocenters. The van der Waals surface area contributed by atoms with E-state index in [1.165, 1.54) is 0 Å². The zero-order valence-electron chi connectivity index (χ0n) is 25.4. The van der Waals surface area contributed by atoms with Gasteiger partial charge in [0.15, 0.2) is 8.32 Å². The summed E-state index contributed by atoms with van der Waals surface area (Å²) in [6.45, 7) is 29.1. The molecule has 0 spiro atoms. The highest BCUT2D eigenvalue weighted by Crippen LogP contribution is 2.57. The number of rotatable bonds is 11. The molecule has 0 aliphatic carbocycles. The lowest BCUT2D eigenvalue weighted by Crippen LogP contribution is -2.41. The van der Waals surface area contributed by atoms with E-state index in [0.29, 0.717) is 18.8 Å². The van der Waals surface area contributed by atoms with Crippen LogP contribution in [0.3, 0.4) is 0 Å². The van der Waals surface area contributed by atoms with E-state index < -0.39 is 27.3 Å². The molecule has 0 saturated carbocycles. The molecule has 0 aliphatic heterocycles. The van der Waals surface area contributed by atoms with E-state index in [2.05, 4.69) is 53.8 Å². The minimum Gasteiger partial charge on any atom is -0.417 e. The van der Waals surface area contributed by atoms with Gasteiger partial charge in [0.25, 0.3) is 0 Å². The SMILES string of the molecule is Cc1cc(CCO)cc(OP(=O)(OC(C)(C)C)OC(C)(C)C)c1C(C)(C)CCO[Si](C)(C)C(C)(C)C. The normalized spacial score (nSPS) is 14.3. The van der Waals surface area contributed by atoms with E-state index >= 15 is 0 Å². The summed E-state index contributed by atoms with van der Waals surface area (Å²) in [6, 6.07) is 3.93. The van der Waals surface area contributed by atoms with Gasteiger partial charge in [-0.05, 0) is 102 Å². The summed E-state index contributed by atoms with van der Waals surface area (Å²) in [5.41, 5.74) is 1.02. The molecule has 210 valence electrons. The Morgan fingerprint density at radius 2 is 1.39 bits per heavy atom. The van der Waals surface area contributed by atoms with Crippen LogP contribution >= 0.6 is 7.82 Å². The van der Waals surface area contributed by atoms with Crippen LogP contribution in [0.15, 0.2) is 12.1 Å². The molecule has 0 amide bonds. The lowest BCUT2D eigenvalue weighted by atomic mass is 9.78. The Morgan fingerprint density at radius 3 is 1.81 bits per heavy atom. The molecule has 1 rings (SSSR count). The van der Waals surface area contributed by atoms with Gasteiger partial charge in [-0.1, -0.05) is 40.7 Å². The van der Waals surface area contributed by atoms with Crippen LogP contribution in [0.1, 0.15) is 99.3 Å². The first-order valence-electron chi connectivity index (χ1n) is 13.0. The van der Waals surface area contributed by atoms with E-state index in [4.69, 9.17) is 18.0 Å². The zero-order chi connectivity index (χ0) is 28.4.